The molecule has 37 heavy (non-hydrogen) atoms. The Bertz CT molecular complexity index is 1180. The molecule has 1 aliphatic rings. The van der Waals surface area contributed by atoms with E-state index in [0.29, 0.717) is 41.7 Å². The summed E-state index contributed by atoms with van der Waals surface area (Å²) in [5.41, 5.74) is 5.54. The third-order valence-electron chi connectivity index (χ3n) is 5.50. The zero-order chi connectivity index (χ0) is 27.4. The summed E-state index contributed by atoms with van der Waals surface area (Å²) < 4.78 is 5.39. The molecule has 0 aliphatic carbocycles. The molecule has 2 heterocycles. The lowest BCUT2D eigenvalue weighted by Gasteiger charge is -2.40. The fourth-order valence-corrected chi connectivity index (χ4v) is 4.74. The Morgan fingerprint density at radius 1 is 1.27 bits per heavy atom. The molecular weight excluding hydrogens is 520 g/mol. The average Bonchev–Trinajstić information content (AvgIpc) is 2.76. The number of alkyl carbamates (subject to hydrolysis) is 1. The number of aliphatic carboxylic acids is 1. The average molecular weight is 551 g/mol. The number of rotatable bonds is 7. The number of carboxylic acid groups (broad SMARTS) is 1. The topological polar surface area (TPSA) is 160 Å². The molecule has 5 N–H and O–H groups in total. The lowest BCUT2D eigenvalue weighted by atomic mass is 9.90. The SMILES string of the molecule is CC1(NC(=O)OC(C)(C)C)CCN(c2cnc(Sc3cccc(NC(=O)CC(=O)O)c3Cl)c(N)n2)CC1. The number of nitrogens with one attached hydrogen (secondary N) is 2. The summed E-state index contributed by atoms with van der Waals surface area (Å²) in [6, 6.07) is 4.99. The van der Waals surface area contributed by atoms with Crippen LogP contribution in [-0.4, -0.2) is 57.3 Å². The number of carbonyl (C=O) groups excluding carboxylic acids is 2. The number of carboxylic acids is 1. The summed E-state index contributed by atoms with van der Waals surface area (Å²) in [6.45, 7) is 8.78. The van der Waals surface area contributed by atoms with E-state index in [1.54, 1.807) is 24.4 Å². The summed E-state index contributed by atoms with van der Waals surface area (Å²) in [5.74, 6) is -1.07. The van der Waals surface area contributed by atoms with Crippen LogP contribution in [-0.2, 0) is 14.3 Å². The molecule has 2 amide bonds. The lowest BCUT2D eigenvalue weighted by molar-refractivity contribution is -0.139. The quantitative estimate of drug-likeness (QED) is 0.368. The first-order valence-corrected chi connectivity index (χ1v) is 12.8. The Balaban J connectivity index is 1.64. The van der Waals surface area contributed by atoms with E-state index >= 15 is 0 Å². The number of carbonyl (C=O) groups is 3. The minimum Gasteiger partial charge on any atom is -0.481 e. The van der Waals surface area contributed by atoms with Gasteiger partial charge in [0, 0.05) is 23.5 Å². The van der Waals surface area contributed by atoms with Crippen LogP contribution < -0.4 is 21.3 Å². The highest BCUT2D eigenvalue weighted by molar-refractivity contribution is 7.99. The first-order chi connectivity index (χ1) is 17.2. The monoisotopic (exact) mass is 550 g/mol. The van der Waals surface area contributed by atoms with Gasteiger partial charge in [-0.25, -0.2) is 14.8 Å². The van der Waals surface area contributed by atoms with Crippen molar-refractivity contribution in [2.45, 2.75) is 68.0 Å². The van der Waals surface area contributed by atoms with Crippen molar-refractivity contribution >= 4 is 58.7 Å². The van der Waals surface area contributed by atoms with Crippen molar-refractivity contribution in [2.24, 2.45) is 0 Å². The third kappa shape index (κ3) is 8.12. The highest BCUT2D eigenvalue weighted by Gasteiger charge is 2.33. The van der Waals surface area contributed by atoms with Crippen molar-refractivity contribution < 1.29 is 24.2 Å². The summed E-state index contributed by atoms with van der Waals surface area (Å²) >= 11 is 7.61. The lowest BCUT2D eigenvalue weighted by Crippen LogP contribution is -2.54. The molecule has 11 nitrogen and oxygen atoms in total. The molecule has 1 aliphatic heterocycles. The molecule has 1 aromatic heterocycles. The van der Waals surface area contributed by atoms with Gasteiger partial charge in [-0.3, -0.25) is 9.59 Å². The predicted octanol–water partition coefficient (Wildman–Crippen LogP) is 4.16. The first kappa shape index (κ1) is 28.3. The molecule has 0 saturated carbocycles. The molecule has 200 valence electrons. The first-order valence-electron chi connectivity index (χ1n) is 11.6. The van der Waals surface area contributed by atoms with Gasteiger partial charge in [-0.05, 0) is 52.7 Å². The fraction of sp³-hybridized carbons (Fsp3) is 0.458. The molecule has 13 heteroatoms. The number of amides is 2. The van der Waals surface area contributed by atoms with Gasteiger partial charge in [-0.15, -0.1) is 0 Å². The van der Waals surface area contributed by atoms with Crippen molar-refractivity contribution in [3.63, 3.8) is 0 Å². The van der Waals surface area contributed by atoms with Gasteiger partial charge < -0.3 is 31.1 Å². The van der Waals surface area contributed by atoms with Crippen LogP contribution in [0.4, 0.5) is 22.1 Å². The smallest absolute Gasteiger partial charge is 0.408 e. The Labute approximate surface area is 224 Å². The summed E-state index contributed by atoms with van der Waals surface area (Å²) in [4.78, 5) is 46.4. The largest absolute Gasteiger partial charge is 0.481 e. The number of hydrogen-bond donors (Lipinski definition) is 4. The van der Waals surface area contributed by atoms with Crippen molar-refractivity contribution in [3.8, 4) is 0 Å². The second kappa shape index (κ2) is 11.4. The molecular formula is C24H31ClN6O5S. The van der Waals surface area contributed by atoms with Gasteiger partial charge >= 0.3 is 12.1 Å². The van der Waals surface area contributed by atoms with E-state index in [-0.39, 0.29) is 16.5 Å². The van der Waals surface area contributed by atoms with Crippen LogP contribution in [0, 0.1) is 0 Å². The number of nitrogens with zero attached hydrogens (tertiary/aromatic N) is 3. The number of nitrogens with two attached hydrogens (primary N) is 1. The van der Waals surface area contributed by atoms with E-state index in [2.05, 4.69) is 25.5 Å². The molecule has 1 saturated heterocycles. The highest BCUT2D eigenvalue weighted by atomic mass is 35.5. The number of hydrogen-bond acceptors (Lipinski definition) is 9. The van der Waals surface area contributed by atoms with E-state index in [1.807, 2.05) is 27.7 Å². The number of piperidine rings is 1. The summed E-state index contributed by atoms with van der Waals surface area (Å²) in [7, 11) is 0. The maximum absolute atomic E-state index is 12.2. The molecule has 0 unspecified atom stereocenters. The van der Waals surface area contributed by atoms with Crippen LogP contribution in [0.2, 0.25) is 5.02 Å². The number of ether oxygens (including phenoxy) is 1. The highest BCUT2D eigenvalue weighted by Crippen LogP contribution is 2.38. The zero-order valence-electron chi connectivity index (χ0n) is 21.1. The Morgan fingerprint density at radius 3 is 2.54 bits per heavy atom. The second-order valence-corrected chi connectivity index (χ2v) is 11.3. The van der Waals surface area contributed by atoms with Gasteiger partial charge in [-0.1, -0.05) is 29.4 Å². The minimum absolute atomic E-state index is 0.221. The number of anilines is 3. The fourth-order valence-electron chi connectivity index (χ4n) is 3.64. The number of aromatic nitrogens is 2. The molecule has 0 bridgehead atoms. The molecule has 1 aromatic carbocycles. The number of benzene rings is 1. The predicted molar refractivity (Wildman–Crippen MR) is 142 cm³/mol. The molecule has 2 aromatic rings. The minimum atomic E-state index is -1.24. The Kier molecular flexibility index (Phi) is 8.75. The molecule has 0 radical (unpaired) electrons. The van der Waals surface area contributed by atoms with Gasteiger partial charge in [0.05, 0.1) is 16.9 Å². The third-order valence-corrected chi connectivity index (χ3v) is 7.09. The maximum atomic E-state index is 12.2. The van der Waals surface area contributed by atoms with Crippen molar-refractivity contribution in [1.82, 2.24) is 15.3 Å². The van der Waals surface area contributed by atoms with Gasteiger partial charge in [0.25, 0.3) is 0 Å². The molecule has 1 fully saturated rings. The van der Waals surface area contributed by atoms with E-state index in [9.17, 15) is 14.4 Å². The second-order valence-electron chi connectivity index (χ2n) is 9.93. The Morgan fingerprint density at radius 2 is 1.95 bits per heavy atom. The zero-order valence-corrected chi connectivity index (χ0v) is 22.7. The normalized spacial score (nSPS) is 15.1. The van der Waals surface area contributed by atoms with E-state index in [1.165, 1.54) is 11.8 Å². The van der Waals surface area contributed by atoms with Crippen LogP contribution in [0.1, 0.15) is 47.0 Å². The van der Waals surface area contributed by atoms with Crippen LogP contribution >= 0.6 is 23.4 Å². The van der Waals surface area contributed by atoms with Crippen molar-refractivity contribution in [1.29, 1.82) is 0 Å². The van der Waals surface area contributed by atoms with Gasteiger partial charge in [0.15, 0.2) is 5.82 Å². The van der Waals surface area contributed by atoms with Gasteiger partial charge in [0.1, 0.15) is 22.9 Å². The molecule has 0 spiro atoms. The van der Waals surface area contributed by atoms with Crippen LogP contribution in [0.15, 0.2) is 34.3 Å². The Hall–Kier alpha value is -3.25. The van der Waals surface area contributed by atoms with Crippen molar-refractivity contribution in [2.75, 3.05) is 29.0 Å². The van der Waals surface area contributed by atoms with Crippen LogP contribution in [0.3, 0.4) is 0 Å². The number of halogens is 1. The molecule has 0 atom stereocenters. The summed E-state index contributed by atoms with van der Waals surface area (Å²) in [6.07, 6.45) is 1.92. The summed E-state index contributed by atoms with van der Waals surface area (Å²) in [5, 5.41) is 14.9. The maximum Gasteiger partial charge on any atom is 0.408 e. The number of nitrogen functional groups attached to an aromatic ring is 1. The van der Waals surface area contributed by atoms with Crippen molar-refractivity contribution in [3.05, 3.63) is 29.4 Å². The van der Waals surface area contributed by atoms with Gasteiger partial charge in [0.2, 0.25) is 5.91 Å². The standard InChI is InChI=1S/C24H31ClN6O5S/c1-23(2,3)36-22(35)30-24(4)8-10-31(11-9-24)16-13-27-21(20(26)29-16)37-15-7-5-6-14(19(15)25)28-17(32)12-18(33)34/h5-7,13H,8-12H2,1-4H3,(H2,26,29)(H,28,32)(H,30,35)(H,33,34). The molecule has 3 rings (SSSR count). The van der Waals surface area contributed by atoms with Crippen LogP contribution in [0.25, 0.3) is 0 Å². The van der Waals surface area contributed by atoms with E-state index in [0.717, 1.165) is 0 Å². The van der Waals surface area contributed by atoms with E-state index in [4.69, 9.17) is 27.2 Å². The van der Waals surface area contributed by atoms with Crippen LogP contribution in [0.5, 0.6) is 0 Å². The van der Waals surface area contributed by atoms with E-state index < -0.39 is 35.5 Å². The van der Waals surface area contributed by atoms with Gasteiger partial charge in [-0.2, -0.15) is 0 Å².